The Labute approximate surface area is 203 Å². The molecule has 0 amide bonds. The fourth-order valence-corrected chi connectivity index (χ4v) is 4.34. The summed E-state index contributed by atoms with van der Waals surface area (Å²) in [4.78, 5) is 55.9. The zero-order valence-electron chi connectivity index (χ0n) is 19.2. The summed E-state index contributed by atoms with van der Waals surface area (Å²) >= 11 is 3.48. The van der Waals surface area contributed by atoms with E-state index in [1.54, 1.807) is 45.9 Å². The normalized spacial score (nSPS) is 10.9. The van der Waals surface area contributed by atoms with Crippen molar-refractivity contribution in [3.05, 3.63) is 44.9 Å². The van der Waals surface area contributed by atoms with Crippen LogP contribution in [0.15, 0.2) is 22.7 Å². The first-order valence-corrected chi connectivity index (χ1v) is 11.6. The summed E-state index contributed by atoms with van der Waals surface area (Å²) in [6.07, 6.45) is 0. The smallest absolute Gasteiger partial charge is 0.341 e. The number of carbonyl (C=O) groups is 4. The predicted molar refractivity (Wildman–Crippen MR) is 127 cm³/mol. The summed E-state index contributed by atoms with van der Waals surface area (Å²) < 4.78 is 21.5. The maximum absolute atomic E-state index is 13.3. The van der Waals surface area contributed by atoms with Crippen LogP contribution >= 0.6 is 15.9 Å². The molecule has 2 aromatic carbocycles. The standard InChI is InChI=1S/C24H24BrNO8/c1-5-31-21(27)16-15-14-12(25)10-9-11-13(14)26-20(15)19(24(30)34-8-4)18(23(29)33-7-3)17(16)22(28)32-6-2/h9-11,26H,5-8H2,1-4H3. The molecule has 0 fully saturated rings. The summed E-state index contributed by atoms with van der Waals surface area (Å²) in [6, 6.07) is 5.24. The van der Waals surface area contributed by atoms with Gasteiger partial charge in [-0.15, -0.1) is 0 Å². The minimum Gasteiger partial charge on any atom is -0.462 e. The van der Waals surface area contributed by atoms with Crippen LogP contribution in [0.25, 0.3) is 21.8 Å². The molecular weight excluding hydrogens is 510 g/mol. The first-order chi connectivity index (χ1) is 16.3. The van der Waals surface area contributed by atoms with Crippen molar-refractivity contribution in [1.29, 1.82) is 0 Å². The molecule has 0 saturated carbocycles. The quantitative estimate of drug-likeness (QED) is 0.324. The highest BCUT2D eigenvalue weighted by Crippen LogP contribution is 2.40. The van der Waals surface area contributed by atoms with Gasteiger partial charge in [-0.3, -0.25) is 0 Å². The summed E-state index contributed by atoms with van der Waals surface area (Å²) in [6.45, 7) is 6.35. The average molecular weight is 534 g/mol. The van der Waals surface area contributed by atoms with Crippen molar-refractivity contribution in [3.8, 4) is 0 Å². The lowest BCUT2D eigenvalue weighted by Gasteiger charge is -2.18. The van der Waals surface area contributed by atoms with Gasteiger partial charge in [-0.2, -0.15) is 0 Å². The lowest BCUT2D eigenvalue weighted by atomic mass is 9.90. The summed E-state index contributed by atoms with van der Waals surface area (Å²) in [5, 5.41) is 0.743. The van der Waals surface area contributed by atoms with Crippen LogP contribution < -0.4 is 0 Å². The highest BCUT2D eigenvalue weighted by atomic mass is 79.9. The number of benzene rings is 2. The molecule has 1 N–H and O–H groups in total. The second kappa shape index (κ2) is 10.7. The number of esters is 4. The van der Waals surface area contributed by atoms with Gasteiger partial charge in [0.05, 0.1) is 54.2 Å². The van der Waals surface area contributed by atoms with Gasteiger partial charge < -0.3 is 23.9 Å². The molecule has 0 radical (unpaired) electrons. The molecule has 0 aliphatic rings. The monoisotopic (exact) mass is 533 g/mol. The van der Waals surface area contributed by atoms with E-state index in [1.165, 1.54) is 0 Å². The zero-order valence-corrected chi connectivity index (χ0v) is 20.8. The van der Waals surface area contributed by atoms with Crippen LogP contribution in [0, 0.1) is 0 Å². The number of aromatic amines is 1. The molecule has 3 rings (SSSR count). The van der Waals surface area contributed by atoms with E-state index in [2.05, 4.69) is 20.9 Å². The Morgan fingerprint density at radius 3 is 1.62 bits per heavy atom. The van der Waals surface area contributed by atoms with Gasteiger partial charge in [0.25, 0.3) is 0 Å². The molecule has 0 atom stereocenters. The van der Waals surface area contributed by atoms with Gasteiger partial charge in [0.1, 0.15) is 0 Å². The third-order valence-electron chi connectivity index (χ3n) is 4.94. The molecule has 0 saturated heterocycles. The topological polar surface area (TPSA) is 121 Å². The third kappa shape index (κ3) is 4.37. The highest BCUT2D eigenvalue weighted by molar-refractivity contribution is 9.10. The van der Waals surface area contributed by atoms with Gasteiger partial charge in [0.15, 0.2) is 0 Å². The number of rotatable bonds is 8. The van der Waals surface area contributed by atoms with Crippen molar-refractivity contribution in [2.45, 2.75) is 27.7 Å². The highest BCUT2D eigenvalue weighted by Gasteiger charge is 2.37. The first-order valence-electron chi connectivity index (χ1n) is 10.8. The number of hydrogen-bond donors (Lipinski definition) is 1. The predicted octanol–water partition coefficient (Wildman–Crippen LogP) is 4.79. The molecule has 1 heterocycles. The van der Waals surface area contributed by atoms with Crippen molar-refractivity contribution in [3.63, 3.8) is 0 Å². The van der Waals surface area contributed by atoms with Crippen LogP contribution in [0.4, 0.5) is 0 Å². The number of hydrogen-bond acceptors (Lipinski definition) is 8. The molecule has 0 aliphatic heterocycles. The summed E-state index contributed by atoms with van der Waals surface area (Å²) in [5.74, 6) is -3.66. The van der Waals surface area contributed by atoms with E-state index < -0.39 is 35.0 Å². The van der Waals surface area contributed by atoms with Crippen LogP contribution in [-0.4, -0.2) is 55.3 Å². The maximum atomic E-state index is 13.3. The minimum atomic E-state index is -0.973. The Morgan fingerprint density at radius 2 is 1.12 bits per heavy atom. The number of H-pyrrole nitrogens is 1. The molecule has 0 unspecified atom stereocenters. The van der Waals surface area contributed by atoms with Crippen molar-refractivity contribution >= 4 is 61.6 Å². The fraction of sp³-hybridized carbons (Fsp3) is 0.333. The number of halogens is 1. The molecule has 10 heteroatoms. The van der Waals surface area contributed by atoms with Crippen LogP contribution in [0.2, 0.25) is 0 Å². The largest absolute Gasteiger partial charge is 0.462 e. The number of fused-ring (bicyclic) bond motifs is 3. The lowest BCUT2D eigenvalue weighted by Crippen LogP contribution is -2.24. The van der Waals surface area contributed by atoms with Gasteiger partial charge in [0.2, 0.25) is 0 Å². The van der Waals surface area contributed by atoms with E-state index in [9.17, 15) is 19.2 Å². The van der Waals surface area contributed by atoms with E-state index >= 15 is 0 Å². The molecule has 0 spiro atoms. The minimum absolute atomic E-state index is 0.0144. The molecule has 3 aromatic rings. The fourth-order valence-electron chi connectivity index (χ4n) is 3.77. The van der Waals surface area contributed by atoms with Crippen LogP contribution in [0.3, 0.4) is 0 Å². The molecule has 180 valence electrons. The van der Waals surface area contributed by atoms with Crippen molar-refractivity contribution in [2.75, 3.05) is 26.4 Å². The maximum Gasteiger partial charge on any atom is 0.341 e. The van der Waals surface area contributed by atoms with E-state index in [-0.39, 0.29) is 48.5 Å². The van der Waals surface area contributed by atoms with Gasteiger partial charge in [-0.25, -0.2) is 19.2 Å². The first kappa shape index (κ1) is 25.2. The van der Waals surface area contributed by atoms with Crippen molar-refractivity contribution < 1.29 is 38.1 Å². The van der Waals surface area contributed by atoms with Crippen molar-refractivity contribution in [1.82, 2.24) is 4.98 Å². The molecular formula is C24H24BrNO8. The lowest BCUT2D eigenvalue weighted by molar-refractivity contribution is 0.0446. The zero-order chi connectivity index (χ0) is 25.0. The molecule has 0 aliphatic carbocycles. The van der Waals surface area contributed by atoms with E-state index in [4.69, 9.17) is 18.9 Å². The van der Waals surface area contributed by atoms with Gasteiger partial charge >= 0.3 is 23.9 Å². The van der Waals surface area contributed by atoms with Crippen LogP contribution in [-0.2, 0) is 18.9 Å². The molecule has 34 heavy (non-hydrogen) atoms. The molecule has 0 bridgehead atoms. The molecule has 1 aromatic heterocycles. The second-order valence-electron chi connectivity index (χ2n) is 6.92. The number of nitrogens with one attached hydrogen (secondary N) is 1. The van der Waals surface area contributed by atoms with E-state index in [0.29, 0.717) is 15.4 Å². The van der Waals surface area contributed by atoms with Gasteiger partial charge in [0, 0.05) is 20.8 Å². The third-order valence-corrected chi connectivity index (χ3v) is 5.60. The number of carbonyl (C=O) groups excluding carboxylic acids is 4. The Morgan fingerprint density at radius 1 is 0.676 bits per heavy atom. The Kier molecular flexibility index (Phi) is 7.93. The second-order valence-corrected chi connectivity index (χ2v) is 7.77. The van der Waals surface area contributed by atoms with E-state index in [1.807, 2.05) is 0 Å². The summed E-state index contributed by atoms with van der Waals surface area (Å²) in [7, 11) is 0. The van der Waals surface area contributed by atoms with Gasteiger partial charge in [-0.1, -0.05) is 22.0 Å². The number of ether oxygens (including phenoxy) is 4. The van der Waals surface area contributed by atoms with Crippen LogP contribution in [0.5, 0.6) is 0 Å². The Balaban J connectivity index is 2.69. The SMILES string of the molecule is CCOC(=O)c1c(C(=O)OCC)c(C(=O)OCC)c2c([nH]c3cccc(Br)c32)c1C(=O)OCC. The number of aromatic nitrogens is 1. The van der Waals surface area contributed by atoms with Gasteiger partial charge in [-0.05, 0) is 39.8 Å². The Bertz CT molecular complexity index is 1290. The molecule has 9 nitrogen and oxygen atoms in total. The van der Waals surface area contributed by atoms with Crippen LogP contribution in [0.1, 0.15) is 69.1 Å². The average Bonchev–Trinajstić information content (AvgIpc) is 3.18. The van der Waals surface area contributed by atoms with E-state index in [0.717, 1.165) is 0 Å². The Hall–Kier alpha value is -3.40. The van der Waals surface area contributed by atoms with Crippen molar-refractivity contribution in [2.24, 2.45) is 0 Å². The summed E-state index contributed by atoms with van der Waals surface area (Å²) in [5.41, 5.74) is -0.571.